The molecule has 2 N–H and O–H groups in total. The largest absolute Gasteiger partial charge is 0.345 e. The van der Waals surface area contributed by atoms with Gasteiger partial charge >= 0.3 is 0 Å². The second kappa shape index (κ2) is 7.94. The van der Waals surface area contributed by atoms with Crippen molar-refractivity contribution in [3.63, 3.8) is 0 Å². The number of benzene rings is 2. The van der Waals surface area contributed by atoms with E-state index < -0.39 is 5.82 Å². The molecular formula is C23H22FN5O. The number of rotatable bonds is 5. The number of aromatic amines is 1. The fourth-order valence-electron chi connectivity index (χ4n) is 3.57. The minimum absolute atomic E-state index is 0.288. The number of nitrogens with one attached hydrogen (secondary N) is 2. The first-order valence-corrected chi connectivity index (χ1v) is 9.67. The zero-order valence-corrected chi connectivity index (χ0v) is 17.0. The van der Waals surface area contributed by atoms with E-state index in [-0.39, 0.29) is 17.5 Å². The van der Waals surface area contributed by atoms with Crippen LogP contribution < -0.4 is 5.32 Å². The molecule has 4 aromatic rings. The Hall–Kier alpha value is -3.74. The molecular weight excluding hydrogens is 381 g/mol. The van der Waals surface area contributed by atoms with Crippen LogP contribution in [0, 0.1) is 19.7 Å². The van der Waals surface area contributed by atoms with Crippen LogP contribution >= 0.6 is 0 Å². The number of carbonyl (C=O) groups is 1. The number of amides is 1. The lowest BCUT2D eigenvalue weighted by Crippen LogP contribution is -2.27. The van der Waals surface area contributed by atoms with Crippen molar-refractivity contribution < 1.29 is 9.18 Å². The number of aromatic nitrogens is 4. The fraction of sp³-hybridized carbons (Fsp3) is 0.174. The molecule has 0 aliphatic heterocycles. The highest BCUT2D eigenvalue weighted by Crippen LogP contribution is 2.26. The second-order valence-corrected chi connectivity index (χ2v) is 7.22. The average molecular weight is 403 g/mol. The number of hydrogen-bond donors (Lipinski definition) is 2. The van der Waals surface area contributed by atoms with Gasteiger partial charge in [-0.25, -0.2) is 9.07 Å². The van der Waals surface area contributed by atoms with Crippen molar-refractivity contribution in [3.05, 3.63) is 89.1 Å². The van der Waals surface area contributed by atoms with Crippen LogP contribution in [-0.4, -0.2) is 25.9 Å². The SMILES string of the molecule is Cc1ccccc1-n1ncc([C@H](C)NC(=O)c2cn[nH]c2-c2ccccc2F)c1C. The van der Waals surface area contributed by atoms with Gasteiger partial charge in [0.05, 0.1) is 35.4 Å². The van der Waals surface area contributed by atoms with Crippen LogP contribution in [0.4, 0.5) is 4.39 Å². The lowest BCUT2D eigenvalue weighted by molar-refractivity contribution is 0.0940. The minimum Gasteiger partial charge on any atom is -0.345 e. The van der Waals surface area contributed by atoms with E-state index in [1.807, 2.05) is 49.7 Å². The van der Waals surface area contributed by atoms with Gasteiger partial charge in [0.1, 0.15) is 5.82 Å². The third-order valence-electron chi connectivity index (χ3n) is 5.23. The average Bonchev–Trinajstić information content (AvgIpc) is 3.36. The molecule has 2 aromatic heterocycles. The Balaban J connectivity index is 1.58. The topological polar surface area (TPSA) is 75.6 Å². The molecule has 0 saturated carbocycles. The van der Waals surface area contributed by atoms with Gasteiger partial charge in [0.2, 0.25) is 0 Å². The van der Waals surface area contributed by atoms with Gasteiger partial charge in [0.15, 0.2) is 0 Å². The normalized spacial score (nSPS) is 12.0. The molecule has 0 fully saturated rings. The quantitative estimate of drug-likeness (QED) is 0.515. The van der Waals surface area contributed by atoms with Gasteiger partial charge < -0.3 is 5.32 Å². The fourth-order valence-corrected chi connectivity index (χ4v) is 3.57. The third kappa shape index (κ3) is 3.50. The van der Waals surface area contributed by atoms with Gasteiger partial charge in [0, 0.05) is 16.8 Å². The van der Waals surface area contributed by atoms with E-state index in [1.165, 1.54) is 12.3 Å². The second-order valence-electron chi connectivity index (χ2n) is 7.22. The van der Waals surface area contributed by atoms with Gasteiger partial charge in [-0.05, 0) is 44.5 Å². The van der Waals surface area contributed by atoms with Gasteiger partial charge in [-0.2, -0.15) is 10.2 Å². The Morgan fingerprint density at radius 3 is 2.60 bits per heavy atom. The van der Waals surface area contributed by atoms with Crippen molar-refractivity contribution in [2.75, 3.05) is 0 Å². The molecule has 2 heterocycles. The molecule has 30 heavy (non-hydrogen) atoms. The summed E-state index contributed by atoms with van der Waals surface area (Å²) in [5, 5.41) is 14.2. The maximum Gasteiger partial charge on any atom is 0.255 e. The van der Waals surface area contributed by atoms with Crippen molar-refractivity contribution in [2.24, 2.45) is 0 Å². The zero-order chi connectivity index (χ0) is 21.3. The van der Waals surface area contributed by atoms with Gasteiger partial charge in [0.25, 0.3) is 5.91 Å². The molecule has 0 aliphatic rings. The molecule has 2 aromatic carbocycles. The van der Waals surface area contributed by atoms with Crippen LogP contribution in [0.15, 0.2) is 60.9 Å². The number of halogens is 1. The van der Waals surface area contributed by atoms with E-state index in [2.05, 4.69) is 20.6 Å². The van der Waals surface area contributed by atoms with E-state index in [1.54, 1.807) is 24.4 Å². The molecule has 0 aliphatic carbocycles. The van der Waals surface area contributed by atoms with Crippen molar-refractivity contribution in [1.82, 2.24) is 25.3 Å². The molecule has 6 nitrogen and oxygen atoms in total. The predicted octanol–water partition coefficient (Wildman–Crippen LogP) is 4.51. The summed E-state index contributed by atoms with van der Waals surface area (Å²) in [4.78, 5) is 12.9. The molecule has 0 unspecified atom stereocenters. The lowest BCUT2D eigenvalue weighted by atomic mass is 10.1. The minimum atomic E-state index is -0.417. The van der Waals surface area contributed by atoms with Gasteiger partial charge in [-0.1, -0.05) is 30.3 Å². The van der Waals surface area contributed by atoms with Crippen LogP contribution in [0.2, 0.25) is 0 Å². The Morgan fingerprint density at radius 1 is 1.10 bits per heavy atom. The van der Waals surface area contributed by atoms with Crippen molar-refractivity contribution in [1.29, 1.82) is 0 Å². The highest BCUT2D eigenvalue weighted by molar-refractivity contribution is 6.00. The van der Waals surface area contributed by atoms with Crippen molar-refractivity contribution in [3.8, 4) is 16.9 Å². The monoisotopic (exact) mass is 403 g/mol. The molecule has 0 radical (unpaired) electrons. The summed E-state index contributed by atoms with van der Waals surface area (Å²) in [5.41, 5.74) is 4.90. The van der Waals surface area contributed by atoms with Gasteiger partial charge in [-0.15, -0.1) is 0 Å². The molecule has 1 atom stereocenters. The lowest BCUT2D eigenvalue weighted by Gasteiger charge is -2.15. The summed E-state index contributed by atoms with van der Waals surface area (Å²) in [6.07, 6.45) is 3.17. The Labute approximate surface area is 173 Å². The summed E-state index contributed by atoms with van der Waals surface area (Å²) in [6, 6.07) is 14.0. The number of hydrogen-bond acceptors (Lipinski definition) is 3. The third-order valence-corrected chi connectivity index (χ3v) is 5.23. The van der Waals surface area contributed by atoms with E-state index in [4.69, 9.17) is 0 Å². The van der Waals surface area contributed by atoms with E-state index in [0.29, 0.717) is 11.3 Å². The number of aryl methyl sites for hydroxylation is 1. The van der Waals surface area contributed by atoms with Crippen LogP contribution in [0.5, 0.6) is 0 Å². The molecule has 1 amide bonds. The standard InChI is InChI=1S/C23H22FN5O/c1-14-8-4-7-11-21(14)29-16(3)18(13-26-29)15(2)27-23(30)19-12-25-28-22(19)17-9-5-6-10-20(17)24/h4-13,15H,1-3H3,(H,25,28)(H,27,30)/t15-/m0/s1. The molecule has 0 saturated heterocycles. The number of para-hydroxylation sites is 1. The van der Waals surface area contributed by atoms with Crippen molar-refractivity contribution in [2.45, 2.75) is 26.8 Å². The Morgan fingerprint density at radius 2 is 1.83 bits per heavy atom. The molecule has 0 spiro atoms. The highest BCUT2D eigenvalue weighted by Gasteiger charge is 2.21. The van der Waals surface area contributed by atoms with Crippen molar-refractivity contribution >= 4 is 5.91 Å². The highest BCUT2D eigenvalue weighted by atomic mass is 19.1. The van der Waals surface area contributed by atoms with E-state index >= 15 is 0 Å². The Kier molecular flexibility index (Phi) is 5.18. The van der Waals surface area contributed by atoms with Crippen LogP contribution in [0.1, 0.15) is 40.1 Å². The Bertz CT molecular complexity index is 1210. The number of carbonyl (C=O) groups excluding carboxylic acids is 1. The summed E-state index contributed by atoms with van der Waals surface area (Å²) < 4.78 is 16.1. The van der Waals surface area contributed by atoms with E-state index in [0.717, 1.165) is 22.5 Å². The molecule has 4 rings (SSSR count). The maximum atomic E-state index is 14.2. The smallest absolute Gasteiger partial charge is 0.255 e. The molecule has 0 bridgehead atoms. The van der Waals surface area contributed by atoms with Crippen LogP contribution in [0.25, 0.3) is 16.9 Å². The van der Waals surface area contributed by atoms with E-state index in [9.17, 15) is 9.18 Å². The van der Waals surface area contributed by atoms with Crippen LogP contribution in [-0.2, 0) is 0 Å². The zero-order valence-electron chi connectivity index (χ0n) is 17.0. The first-order chi connectivity index (χ1) is 14.5. The summed E-state index contributed by atoms with van der Waals surface area (Å²) in [6.45, 7) is 5.90. The van der Waals surface area contributed by atoms with Gasteiger partial charge in [-0.3, -0.25) is 9.89 Å². The molecule has 152 valence electrons. The maximum absolute atomic E-state index is 14.2. The summed E-state index contributed by atoms with van der Waals surface area (Å²) in [5.74, 6) is -0.753. The van der Waals surface area contributed by atoms with Crippen LogP contribution in [0.3, 0.4) is 0 Å². The first kappa shape index (κ1) is 19.6. The summed E-state index contributed by atoms with van der Waals surface area (Å²) >= 11 is 0. The predicted molar refractivity (Wildman–Crippen MR) is 113 cm³/mol. The number of H-pyrrole nitrogens is 1. The number of nitrogens with zero attached hydrogens (tertiary/aromatic N) is 3. The summed E-state index contributed by atoms with van der Waals surface area (Å²) in [7, 11) is 0. The molecule has 7 heteroatoms. The first-order valence-electron chi connectivity index (χ1n) is 9.67.